The molecule has 5 heteroatoms. The van der Waals surface area contributed by atoms with E-state index < -0.39 is 0 Å². The van der Waals surface area contributed by atoms with Gasteiger partial charge in [-0.15, -0.1) is 0 Å². The summed E-state index contributed by atoms with van der Waals surface area (Å²) in [7, 11) is 2.04. The predicted molar refractivity (Wildman–Crippen MR) is 84.1 cm³/mol. The van der Waals surface area contributed by atoms with Crippen molar-refractivity contribution >= 4 is 5.91 Å². The van der Waals surface area contributed by atoms with Crippen LogP contribution in [0.2, 0.25) is 0 Å². The first-order chi connectivity index (χ1) is 10.7. The second-order valence-electron chi connectivity index (χ2n) is 7.49. The third kappa shape index (κ3) is 2.56. The number of carbonyl (C=O) groups excluding carboxylic acids is 1. The zero-order valence-electron chi connectivity index (χ0n) is 13.5. The van der Waals surface area contributed by atoms with Crippen LogP contribution in [0.25, 0.3) is 0 Å². The highest BCUT2D eigenvalue weighted by Crippen LogP contribution is 2.41. The minimum absolute atomic E-state index is 0.0989. The maximum Gasteiger partial charge on any atom is 0.230 e. The van der Waals surface area contributed by atoms with Crippen LogP contribution in [0, 0.1) is 11.3 Å². The SMILES string of the molecule is Cn1ccnc1CN1CCC2(CCCN(CC3CC3)C2=O)C1. The summed E-state index contributed by atoms with van der Waals surface area (Å²) in [6.45, 7) is 4.80. The maximum atomic E-state index is 13.0. The van der Waals surface area contributed by atoms with Crippen molar-refractivity contribution in [2.45, 2.75) is 38.6 Å². The lowest BCUT2D eigenvalue weighted by atomic mass is 9.78. The van der Waals surface area contributed by atoms with E-state index in [-0.39, 0.29) is 5.41 Å². The van der Waals surface area contributed by atoms with Crippen LogP contribution in [-0.2, 0) is 18.4 Å². The number of piperidine rings is 1. The monoisotopic (exact) mass is 302 g/mol. The molecule has 1 atom stereocenters. The molecule has 2 saturated heterocycles. The molecule has 1 aromatic heterocycles. The van der Waals surface area contributed by atoms with Gasteiger partial charge in [-0.1, -0.05) is 0 Å². The fraction of sp³-hybridized carbons (Fsp3) is 0.765. The van der Waals surface area contributed by atoms with Crippen molar-refractivity contribution in [2.75, 3.05) is 26.2 Å². The Bertz CT molecular complexity index is 565. The van der Waals surface area contributed by atoms with Crippen LogP contribution < -0.4 is 0 Å². The van der Waals surface area contributed by atoms with Crippen LogP contribution in [0.15, 0.2) is 12.4 Å². The molecular weight excluding hydrogens is 276 g/mol. The van der Waals surface area contributed by atoms with Gasteiger partial charge in [-0.05, 0) is 44.6 Å². The smallest absolute Gasteiger partial charge is 0.230 e. The summed E-state index contributed by atoms with van der Waals surface area (Å²) in [4.78, 5) is 22.0. The molecule has 1 unspecified atom stereocenters. The minimum atomic E-state index is -0.0989. The van der Waals surface area contributed by atoms with Crippen molar-refractivity contribution in [3.8, 4) is 0 Å². The lowest BCUT2D eigenvalue weighted by molar-refractivity contribution is -0.145. The molecule has 120 valence electrons. The Balaban J connectivity index is 1.43. The van der Waals surface area contributed by atoms with Gasteiger partial charge in [0.2, 0.25) is 5.91 Å². The summed E-state index contributed by atoms with van der Waals surface area (Å²) in [6.07, 6.45) is 9.76. The molecule has 5 nitrogen and oxygen atoms in total. The van der Waals surface area contributed by atoms with Gasteiger partial charge >= 0.3 is 0 Å². The van der Waals surface area contributed by atoms with Gasteiger partial charge in [0.25, 0.3) is 0 Å². The second kappa shape index (κ2) is 5.37. The number of carbonyl (C=O) groups is 1. The topological polar surface area (TPSA) is 41.4 Å². The van der Waals surface area contributed by atoms with E-state index in [1.165, 1.54) is 19.3 Å². The van der Waals surface area contributed by atoms with Crippen molar-refractivity contribution in [1.29, 1.82) is 0 Å². The average molecular weight is 302 g/mol. The van der Waals surface area contributed by atoms with Crippen LogP contribution in [-0.4, -0.2) is 51.4 Å². The molecule has 0 aromatic carbocycles. The summed E-state index contributed by atoms with van der Waals surface area (Å²) in [5.41, 5.74) is -0.0989. The zero-order chi connectivity index (χ0) is 15.2. The molecule has 3 fully saturated rings. The van der Waals surface area contributed by atoms with Gasteiger partial charge in [-0.25, -0.2) is 4.98 Å². The van der Waals surface area contributed by atoms with E-state index in [9.17, 15) is 4.79 Å². The molecule has 1 aliphatic carbocycles. The Hall–Kier alpha value is -1.36. The van der Waals surface area contributed by atoms with E-state index in [4.69, 9.17) is 0 Å². The van der Waals surface area contributed by atoms with Crippen molar-refractivity contribution < 1.29 is 4.79 Å². The second-order valence-corrected chi connectivity index (χ2v) is 7.49. The third-order valence-electron chi connectivity index (χ3n) is 5.72. The molecule has 3 heterocycles. The number of hydrogen-bond acceptors (Lipinski definition) is 3. The molecule has 0 N–H and O–H groups in total. The summed E-state index contributed by atoms with van der Waals surface area (Å²) in [5, 5.41) is 0. The number of aryl methyl sites for hydroxylation is 1. The average Bonchev–Trinajstić information content (AvgIpc) is 3.10. The van der Waals surface area contributed by atoms with Crippen LogP contribution in [0.1, 0.15) is 37.9 Å². The molecular formula is C17H26N4O. The maximum absolute atomic E-state index is 13.0. The summed E-state index contributed by atoms with van der Waals surface area (Å²) in [5.74, 6) is 2.33. The van der Waals surface area contributed by atoms with Gasteiger partial charge in [0.15, 0.2) is 0 Å². The number of rotatable bonds is 4. The molecule has 0 bridgehead atoms. The fourth-order valence-electron chi connectivity index (χ4n) is 4.16. The lowest BCUT2D eigenvalue weighted by Gasteiger charge is -2.39. The predicted octanol–water partition coefficient (Wildman–Crippen LogP) is 1.64. The molecule has 1 aromatic rings. The molecule has 1 amide bonds. The molecule has 0 radical (unpaired) electrons. The fourth-order valence-corrected chi connectivity index (χ4v) is 4.16. The van der Waals surface area contributed by atoms with E-state index in [1.54, 1.807) is 0 Å². The van der Waals surface area contributed by atoms with E-state index in [0.717, 1.165) is 57.3 Å². The van der Waals surface area contributed by atoms with Crippen LogP contribution >= 0.6 is 0 Å². The number of amides is 1. The molecule has 2 aliphatic heterocycles. The highest BCUT2D eigenvalue weighted by Gasteiger charge is 2.48. The standard InChI is InChI=1S/C17H26N4O/c1-19-10-7-18-15(19)12-20-9-6-17(13-20)5-2-8-21(16(17)22)11-14-3-4-14/h7,10,14H,2-6,8-9,11-13H2,1H3. The third-order valence-corrected chi connectivity index (χ3v) is 5.72. The van der Waals surface area contributed by atoms with Crippen molar-refractivity contribution in [3.05, 3.63) is 18.2 Å². The van der Waals surface area contributed by atoms with Crippen LogP contribution in [0.3, 0.4) is 0 Å². The van der Waals surface area contributed by atoms with Gasteiger partial charge in [0, 0.05) is 39.1 Å². The first kappa shape index (κ1) is 14.2. The summed E-state index contributed by atoms with van der Waals surface area (Å²) < 4.78 is 2.08. The Morgan fingerprint density at radius 3 is 2.91 bits per heavy atom. The largest absolute Gasteiger partial charge is 0.342 e. The van der Waals surface area contributed by atoms with Gasteiger partial charge in [0.05, 0.1) is 12.0 Å². The first-order valence-corrected chi connectivity index (χ1v) is 8.64. The van der Waals surface area contributed by atoms with Gasteiger partial charge in [-0.3, -0.25) is 9.69 Å². The minimum Gasteiger partial charge on any atom is -0.342 e. The number of imidazole rings is 1. The van der Waals surface area contributed by atoms with Crippen LogP contribution in [0.5, 0.6) is 0 Å². The van der Waals surface area contributed by atoms with E-state index in [0.29, 0.717) is 5.91 Å². The van der Waals surface area contributed by atoms with Crippen molar-refractivity contribution in [1.82, 2.24) is 19.4 Å². The number of aromatic nitrogens is 2. The Labute approximate surface area is 132 Å². The van der Waals surface area contributed by atoms with E-state index >= 15 is 0 Å². The quantitative estimate of drug-likeness (QED) is 0.849. The Morgan fingerprint density at radius 1 is 1.32 bits per heavy atom. The van der Waals surface area contributed by atoms with Crippen molar-refractivity contribution in [3.63, 3.8) is 0 Å². The Kier molecular flexibility index (Phi) is 3.48. The number of hydrogen-bond donors (Lipinski definition) is 0. The highest BCUT2D eigenvalue weighted by molar-refractivity contribution is 5.84. The lowest BCUT2D eigenvalue weighted by Crippen LogP contribution is -2.50. The normalized spacial score (nSPS) is 29.7. The Morgan fingerprint density at radius 2 is 2.18 bits per heavy atom. The molecule has 1 saturated carbocycles. The van der Waals surface area contributed by atoms with Gasteiger partial charge < -0.3 is 9.47 Å². The molecule has 4 rings (SSSR count). The van der Waals surface area contributed by atoms with Crippen LogP contribution in [0.4, 0.5) is 0 Å². The van der Waals surface area contributed by atoms with Crippen molar-refractivity contribution in [2.24, 2.45) is 18.4 Å². The molecule has 1 spiro atoms. The van der Waals surface area contributed by atoms with E-state index in [1.807, 2.05) is 19.4 Å². The summed E-state index contributed by atoms with van der Waals surface area (Å²) >= 11 is 0. The van der Waals surface area contributed by atoms with E-state index in [2.05, 4.69) is 19.4 Å². The number of nitrogens with zero attached hydrogens (tertiary/aromatic N) is 4. The summed E-state index contributed by atoms with van der Waals surface area (Å²) in [6, 6.07) is 0. The highest BCUT2D eigenvalue weighted by atomic mass is 16.2. The molecule has 22 heavy (non-hydrogen) atoms. The molecule has 3 aliphatic rings. The number of likely N-dealkylation sites (tertiary alicyclic amines) is 2. The zero-order valence-corrected chi connectivity index (χ0v) is 13.5. The first-order valence-electron chi connectivity index (χ1n) is 8.64. The van der Waals surface area contributed by atoms with Gasteiger partial charge in [0.1, 0.15) is 5.82 Å². The van der Waals surface area contributed by atoms with Gasteiger partial charge in [-0.2, -0.15) is 0 Å².